The predicted octanol–water partition coefficient (Wildman–Crippen LogP) is 4.03. The second-order valence-corrected chi connectivity index (χ2v) is 4.04. The molecule has 0 bridgehead atoms. The van der Waals surface area contributed by atoms with Crippen LogP contribution in [-0.2, 0) is 0 Å². The molecular formula is C13H18. The smallest absolute Gasteiger partial charge is 0.0219 e. The van der Waals surface area contributed by atoms with Gasteiger partial charge in [0.2, 0.25) is 0 Å². The van der Waals surface area contributed by atoms with Crippen LogP contribution in [0, 0.1) is 5.92 Å². The molecule has 1 aliphatic rings. The van der Waals surface area contributed by atoms with Gasteiger partial charge in [0, 0.05) is 0 Å². The lowest BCUT2D eigenvalue weighted by atomic mass is 10.00. The van der Waals surface area contributed by atoms with Gasteiger partial charge in [0.15, 0.2) is 0 Å². The van der Waals surface area contributed by atoms with Crippen LogP contribution in [0.25, 0.3) is 0 Å². The molecule has 13 heavy (non-hydrogen) atoms. The van der Waals surface area contributed by atoms with Gasteiger partial charge in [-0.3, -0.25) is 0 Å². The van der Waals surface area contributed by atoms with Crippen molar-refractivity contribution in [2.75, 3.05) is 0 Å². The standard InChI is InChI=1S/C13H18/c1-9(2)13-7-10(3)6-11(4)12(5)8-13/h6-9H,5H2,1-4H3. The molecule has 0 saturated heterocycles. The van der Waals surface area contributed by atoms with Gasteiger partial charge >= 0.3 is 0 Å². The summed E-state index contributed by atoms with van der Waals surface area (Å²) in [5.74, 6) is 0.575. The Morgan fingerprint density at radius 1 is 1.08 bits per heavy atom. The Morgan fingerprint density at radius 2 is 1.69 bits per heavy atom. The van der Waals surface area contributed by atoms with Crippen LogP contribution in [0.15, 0.2) is 47.1 Å². The second kappa shape index (κ2) is 3.78. The van der Waals surface area contributed by atoms with Gasteiger partial charge in [0.05, 0.1) is 0 Å². The van der Waals surface area contributed by atoms with E-state index in [1.165, 1.54) is 16.7 Å². The monoisotopic (exact) mass is 174 g/mol. The molecule has 0 spiro atoms. The third-order valence-electron chi connectivity index (χ3n) is 2.35. The Labute approximate surface area is 81.4 Å². The molecule has 0 fully saturated rings. The van der Waals surface area contributed by atoms with E-state index in [2.05, 4.69) is 52.5 Å². The second-order valence-electron chi connectivity index (χ2n) is 4.04. The number of allylic oxidation sites excluding steroid dienone is 7. The van der Waals surface area contributed by atoms with E-state index in [-0.39, 0.29) is 0 Å². The van der Waals surface area contributed by atoms with E-state index in [0.717, 1.165) is 5.57 Å². The molecule has 0 heterocycles. The molecule has 0 saturated carbocycles. The van der Waals surface area contributed by atoms with Gasteiger partial charge in [-0.15, -0.1) is 0 Å². The van der Waals surface area contributed by atoms with Gasteiger partial charge in [-0.2, -0.15) is 0 Å². The first-order chi connectivity index (χ1) is 6.00. The maximum Gasteiger partial charge on any atom is -0.0219 e. The average molecular weight is 174 g/mol. The van der Waals surface area contributed by atoms with Crippen molar-refractivity contribution in [2.24, 2.45) is 5.92 Å². The summed E-state index contributed by atoms with van der Waals surface area (Å²) >= 11 is 0. The van der Waals surface area contributed by atoms with Gasteiger partial charge in [0.25, 0.3) is 0 Å². The first kappa shape index (κ1) is 10.0. The third kappa shape index (κ3) is 2.45. The van der Waals surface area contributed by atoms with E-state index < -0.39 is 0 Å². The zero-order valence-corrected chi connectivity index (χ0v) is 9.02. The molecular weight excluding hydrogens is 156 g/mol. The Balaban J connectivity index is 3.10. The molecule has 0 nitrogen and oxygen atoms in total. The fourth-order valence-corrected chi connectivity index (χ4v) is 1.43. The Bertz CT molecular complexity index is 309. The fraction of sp³-hybridized carbons (Fsp3) is 0.385. The van der Waals surface area contributed by atoms with Crippen molar-refractivity contribution in [3.8, 4) is 0 Å². The summed E-state index contributed by atoms with van der Waals surface area (Å²) in [4.78, 5) is 0. The maximum absolute atomic E-state index is 4.04. The molecule has 0 N–H and O–H groups in total. The highest BCUT2D eigenvalue weighted by atomic mass is 14.1. The maximum atomic E-state index is 4.04. The molecule has 0 atom stereocenters. The molecule has 1 aliphatic carbocycles. The zero-order chi connectivity index (χ0) is 10.0. The van der Waals surface area contributed by atoms with E-state index in [1.807, 2.05) is 0 Å². The summed E-state index contributed by atoms with van der Waals surface area (Å²) < 4.78 is 0. The summed E-state index contributed by atoms with van der Waals surface area (Å²) in [6.45, 7) is 12.7. The molecule has 0 aromatic rings. The van der Waals surface area contributed by atoms with Crippen molar-refractivity contribution in [3.63, 3.8) is 0 Å². The van der Waals surface area contributed by atoms with Crippen molar-refractivity contribution in [1.82, 2.24) is 0 Å². The first-order valence-electron chi connectivity index (χ1n) is 4.78. The molecule has 0 aromatic heterocycles. The molecule has 0 aliphatic heterocycles. The van der Waals surface area contributed by atoms with E-state index in [9.17, 15) is 0 Å². The van der Waals surface area contributed by atoms with Crippen LogP contribution in [0.2, 0.25) is 0 Å². The Kier molecular flexibility index (Phi) is 2.92. The molecule has 0 aromatic carbocycles. The summed E-state index contributed by atoms with van der Waals surface area (Å²) in [6, 6.07) is 0. The molecule has 0 amide bonds. The highest BCUT2D eigenvalue weighted by Crippen LogP contribution is 2.23. The zero-order valence-electron chi connectivity index (χ0n) is 9.02. The third-order valence-corrected chi connectivity index (χ3v) is 2.35. The fourth-order valence-electron chi connectivity index (χ4n) is 1.43. The van der Waals surface area contributed by atoms with Crippen molar-refractivity contribution < 1.29 is 0 Å². The average Bonchev–Trinajstić information content (AvgIpc) is 2.12. The minimum atomic E-state index is 0.575. The topological polar surface area (TPSA) is 0 Å². The molecule has 0 unspecified atom stereocenters. The highest BCUT2D eigenvalue weighted by molar-refractivity contribution is 5.48. The number of rotatable bonds is 1. The lowest BCUT2D eigenvalue weighted by Crippen LogP contribution is -1.90. The molecule has 1 rings (SSSR count). The van der Waals surface area contributed by atoms with Crippen molar-refractivity contribution >= 4 is 0 Å². The number of hydrogen-bond donors (Lipinski definition) is 0. The molecule has 0 radical (unpaired) electrons. The minimum absolute atomic E-state index is 0.575. The van der Waals surface area contributed by atoms with Crippen LogP contribution in [-0.4, -0.2) is 0 Å². The van der Waals surface area contributed by atoms with E-state index in [1.54, 1.807) is 0 Å². The quantitative estimate of drug-likeness (QED) is 0.563. The van der Waals surface area contributed by atoms with Crippen LogP contribution in [0.1, 0.15) is 27.7 Å². The number of hydrogen-bond acceptors (Lipinski definition) is 0. The predicted molar refractivity (Wildman–Crippen MR) is 59.6 cm³/mol. The summed E-state index contributed by atoms with van der Waals surface area (Å²) in [6.07, 6.45) is 6.62. The SMILES string of the molecule is C=C1C=C(C(C)C)C=C(C)C=C1C. The van der Waals surface area contributed by atoms with E-state index in [4.69, 9.17) is 0 Å². The van der Waals surface area contributed by atoms with Gasteiger partial charge in [-0.1, -0.05) is 44.2 Å². The van der Waals surface area contributed by atoms with E-state index in [0.29, 0.717) is 5.92 Å². The highest BCUT2D eigenvalue weighted by Gasteiger charge is 2.05. The molecule has 0 heteroatoms. The van der Waals surface area contributed by atoms with Crippen LogP contribution < -0.4 is 0 Å². The molecule has 70 valence electrons. The van der Waals surface area contributed by atoms with Gasteiger partial charge in [-0.25, -0.2) is 0 Å². The Morgan fingerprint density at radius 3 is 2.23 bits per heavy atom. The van der Waals surface area contributed by atoms with Crippen LogP contribution in [0.3, 0.4) is 0 Å². The lowest BCUT2D eigenvalue weighted by Gasteiger charge is -2.06. The summed E-state index contributed by atoms with van der Waals surface area (Å²) in [7, 11) is 0. The lowest BCUT2D eigenvalue weighted by molar-refractivity contribution is 0.790. The summed E-state index contributed by atoms with van der Waals surface area (Å²) in [5, 5.41) is 0. The largest absolute Gasteiger partial charge is 0.0915 e. The minimum Gasteiger partial charge on any atom is -0.0915 e. The summed E-state index contributed by atoms with van der Waals surface area (Å²) in [5.41, 5.74) is 5.09. The van der Waals surface area contributed by atoms with Gasteiger partial charge in [-0.05, 0) is 36.5 Å². The van der Waals surface area contributed by atoms with E-state index >= 15 is 0 Å². The van der Waals surface area contributed by atoms with Crippen LogP contribution >= 0.6 is 0 Å². The Hall–Kier alpha value is -1.04. The van der Waals surface area contributed by atoms with Gasteiger partial charge in [0.1, 0.15) is 0 Å². The first-order valence-corrected chi connectivity index (χ1v) is 4.78. The van der Waals surface area contributed by atoms with Crippen molar-refractivity contribution in [1.29, 1.82) is 0 Å². The van der Waals surface area contributed by atoms with Crippen LogP contribution in [0.5, 0.6) is 0 Å². The van der Waals surface area contributed by atoms with Gasteiger partial charge < -0.3 is 0 Å². The normalized spacial score (nSPS) is 17.9. The van der Waals surface area contributed by atoms with Crippen molar-refractivity contribution in [2.45, 2.75) is 27.7 Å². The van der Waals surface area contributed by atoms with Crippen molar-refractivity contribution in [3.05, 3.63) is 47.1 Å². The van der Waals surface area contributed by atoms with Crippen LogP contribution in [0.4, 0.5) is 0 Å².